The molecule has 4 heteroatoms. The number of hydrogen-bond donors (Lipinski definition) is 1. The summed E-state index contributed by atoms with van der Waals surface area (Å²) in [6, 6.07) is 0. The van der Waals surface area contributed by atoms with E-state index in [1.165, 1.54) is 38.5 Å². The van der Waals surface area contributed by atoms with Crippen molar-refractivity contribution >= 4 is 5.78 Å². The minimum Gasteiger partial charge on any atom is -0.390 e. The lowest BCUT2D eigenvalue weighted by molar-refractivity contribution is -0.151. The van der Waals surface area contributed by atoms with Gasteiger partial charge in [-0.15, -0.1) is 0 Å². The van der Waals surface area contributed by atoms with Crippen LogP contribution in [0.1, 0.15) is 78.6 Å². The van der Waals surface area contributed by atoms with Crippen LogP contribution in [-0.4, -0.2) is 26.0 Å². The lowest BCUT2D eigenvalue weighted by atomic mass is 9.44. The molecule has 29 heavy (non-hydrogen) atoms. The van der Waals surface area contributed by atoms with Gasteiger partial charge in [-0.05, 0) is 99.2 Å². The smallest absolute Gasteiger partial charge is 0.156 e. The summed E-state index contributed by atoms with van der Waals surface area (Å²) in [7, 11) is 0. The fraction of sp³-hybridized carbons (Fsp3) is 0.840. The van der Waals surface area contributed by atoms with Crippen molar-refractivity contribution in [3.8, 4) is 0 Å². The number of fused-ring (bicyclic) bond motifs is 5. The van der Waals surface area contributed by atoms with E-state index in [4.69, 9.17) is 0 Å². The Morgan fingerprint density at radius 3 is 2.59 bits per heavy atom. The zero-order chi connectivity index (χ0) is 20.4. The van der Waals surface area contributed by atoms with Gasteiger partial charge < -0.3 is 9.67 Å². The van der Waals surface area contributed by atoms with E-state index in [-0.39, 0.29) is 11.3 Å². The first-order chi connectivity index (χ1) is 13.7. The molecule has 1 heterocycles. The predicted molar refractivity (Wildman–Crippen MR) is 113 cm³/mol. The Morgan fingerprint density at radius 1 is 1.03 bits per heavy atom. The number of carbonyl (C=O) groups is 1. The van der Waals surface area contributed by atoms with E-state index >= 15 is 0 Å². The number of carbonyl (C=O) groups excluding carboxylic acids is 1. The molecule has 0 bridgehead atoms. The van der Waals surface area contributed by atoms with Crippen LogP contribution in [-0.2, 0) is 11.3 Å². The summed E-state index contributed by atoms with van der Waals surface area (Å²) in [4.78, 5) is 17.3. The van der Waals surface area contributed by atoms with Crippen molar-refractivity contribution in [1.82, 2.24) is 9.55 Å². The van der Waals surface area contributed by atoms with Gasteiger partial charge in [0.05, 0.1) is 18.5 Å². The maximum absolute atomic E-state index is 13.2. The highest BCUT2D eigenvalue weighted by molar-refractivity contribution is 5.82. The highest BCUT2D eigenvalue weighted by Crippen LogP contribution is 2.68. The minimum atomic E-state index is -0.460. The normalized spacial score (nSPS) is 49.2. The van der Waals surface area contributed by atoms with Crippen LogP contribution in [0.15, 0.2) is 18.7 Å². The first-order valence-corrected chi connectivity index (χ1v) is 11.9. The van der Waals surface area contributed by atoms with Crippen LogP contribution in [0.2, 0.25) is 0 Å². The molecule has 3 unspecified atom stereocenters. The molecule has 1 aromatic heterocycles. The van der Waals surface area contributed by atoms with Gasteiger partial charge in [-0.2, -0.15) is 0 Å². The number of imidazole rings is 1. The average Bonchev–Trinajstić information content (AvgIpc) is 3.29. The van der Waals surface area contributed by atoms with Gasteiger partial charge in [0.15, 0.2) is 5.78 Å². The van der Waals surface area contributed by atoms with Crippen molar-refractivity contribution < 1.29 is 9.90 Å². The largest absolute Gasteiger partial charge is 0.390 e. The summed E-state index contributed by atoms with van der Waals surface area (Å²) >= 11 is 0. The highest BCUT2D eigenvalue weighted by atomic mass is 16.3. The van der Waals surface area contributed by atoms with Gasteiger partial charge in [0.25, 0.3) is 0 Å². The average molecular weight is 399 g/mol. The van der Waals surface area contributed by atoms with Gasteiger partial charge >= 0.3 is 0 Å². The molecule has 8 atom stereocenters. The zero-order valence-corrected chi connectivity index (χ0v) is 18.4. The van der Waals surface area contributed by atoms with Crippen LogP contribution in [0.25, 0.3) is 0 Å². The molecule has 0 aliphatic heterocycles. The molecule has 4 fully saturated rings. The van der Waals surface area contributed by atoms with Crippen molar-refractivity contribution in [2.24, 2.45) is 40.4 Å². The molecular formula is C25H38N2O2. The molecule has 4 saturated carbocycles. The van der Waals surface area contributed by atoms with Gasteiger partial charge in [0.2, 0.25) is 0 Å². The van der Waals surface area contributed by atoms with Crippen LogP contribution in [0.5, 0.6) is 0 Å². The topological polar surface area (TPSA) is 55.1 Å². The van der Waals surface area contributed by atoms with E-state index in [0.717, 1.165) is 31.1 Å². The monoisotopic (exact) mass is 398 g/mol. The number of aromatic nitrogens is 2. The highest BCUT2D eigenvalue weighted by Gasteiger charge is 2.61. The molecule has 4 aliphatic rings. The summed E-state index contributed by atoms with van der Waals surface area (Å²) in [5.41, 5.74) is 0.117. The second kappa shape index (κ2) is 6.67. The number of nitrogens with zero attached hydrogens (tertiary/aromatic N) is 2. The van der Waals surface area contributed by atoms with Crippen molar-refractivity contribution in [2.45, 2.75) is 90.7 Å². The fourth-order valence-corrected chi connectivity index (χ4v) is 8.63. The Morgan fingerprint density at radius 2 is 1.83 bits per heavy atom. The van der Waals surface area contributed by atoms with E-state index in [2.05, 4.69) is 18.8 Å². The quantitative estimate of drug-likeness (QED) is 0.791. The predicted octanol–water partition coefficient (Wildman–Crippen LogP) is 4.86. The summed E-state index contributed by atoms with van der Waals surface area (Å²) in [5.74, 6) is 3.59. The van der Waals surface area contributed by atoms with Crippen molar-refractivity contribution in [2.75, 3.05) is 0 Å². The molecule has 0 amide bonds. The third-order valence-corrected chi connectivity index (χ3v) is 10.2. The first-order valence-electron chi connectivity index (χ1n) is 11.9. The van der Waals surface area contributed by atoms with Crippen LogP contribution < -0.4 is 0 Å². The van der Waals surface area contributed by atoms with Gasteiger partial charge in [-0.1, -0.05) is 13.8 Å². The second-order valence-electron chi connectivity index (χ2n) is 11.7. The van der Waals surface area contributed by atoms with Crippen LogP contribution in [0, 0.1) is 40.4 Å². The molecule has 0 radical (unpaired) electrons. The molecule has 1 N–H and O–H groups in total. The van der Waals surface area contributed by atoms with Crippen molar-refractivity contribution in [3.63, 3.8) is 0 Å². The number of ketones is 1. The van der Waals surface area contributed by atoms with Crippen molar-refractivity contribution in [3.05, 3.63) is 18.7 Å². The molecule has 4 aliphatic carbocycles. The standard InChI is InChI=1S/C25H38N2O2/c1-23(29)10-11-24(2)17(14-23)4-5-18-19-6-7-21(25(19,3)9-8-20(18)24)22(28)15-27-13-12-26-16-27/h12-13,16-21,29H,4-11,14-15H2,1-3H3/t17-,18?,19?,20?,21+,23+,24-,25-/m0/s1. The third kappa shape index (κ3) is 3.04. The Kier molecular flexibility index (Phi) is 4.55. The number of rotatable bonds is 3. The fourth-order valence-electron chi connectivity index (χ4n) is 8.63. The number of hydrogen-bond acceptors (Lipinski definition) is 3. The van der Waals surface area contributed by atoms with Gasteiger partial charge in [0, 0.05) is 18.3 Å². The number of Topliss-reactive ketones (excluding diaryl/α,β-unsaturated/α-hetero) is 1. The summed E-state index contributed by atoms with van der Waals surface area (Å²) < 4.78 is 1.94. The maximum Gasteiger partial charge on any atom is 0.156 e. The SMILES string of the molecule is C[C@@]1(O)CC[C@]2(C)C3CC[C@@]4(C)C(CC[C@@H]4C(=O)Cn4ccnc4)C3CC[C@H]2C1. The molecule has 1 aromatic rings. The van der Waals surface area contributed by atoms with Crippen LogP contribution in [0.4, 0.5) is 0 Å². The summed E-state index contributed by atoms with van der Waals surface area (Å²) in [5, 5.41) is 10.7. The second-order valence-corrected chi connectivity index (χ2v) is 11.7. The van der Waals surface area contributed by atoms with Crippen LogP contribution in [0.3, 0.4) is 0 Å². The summed E-state index contributed by atoms with van der Waals surface area (Å²) in [6.07, 6.45) is 15.9. The molecule has 0 spiro atoms. The molecule has 5 rings (SSSR count). The van der Waals surface area contributed by atoms with E-state index in [1.807, 2.05) is 17.7 Å². The maximum atomic E-state index is 13.2. The molecule has 4 nitrogen and oxygen atoms in total. The molecule has 0 saturated heterocycles. The van der Waals surface area contributed by atoms with E-state index < -0.39 is 5.60 Å². The third-order valence-electron chi connectivity index (χ3n) is 10.2. The van der Waals surface area contributed by atoms with Crippen LogP contribution >= 0.6 is 0 Å². The summed E-state index contributed by atoms with van der Waals surface area (Å²) in [6.45, 7) is 7.51. The van der Waals surface area contributed by atoms with Crippen molar-refractivity contribution in [1.29, 1.82) is 0 Å². The lowest BCUT2D eigenvalue weighted by Crippen LogP contribution is -2.55. The number of aliphatic hydroxyl groups is 1. The van der Waals surface area contributed by atoms with Gasteiger partial charge in [-0.25, -0.2) is 4.98 Å². The Labute approximate surface area is 175 Å². The van der Waals surface area contributed by atoms with Gasteiger partial charge in [-0.3, -0.25) is 4.79 Å². The van der Waals surface area contributed by atoms with Gasteiger partial charge in [0.1, 0.15) is 0 Å². The molecular weight excluding hydrogens is 360 g/mol. The van der Waals surface area contributed by atoms with E-state index in [0.29, 0.717) is 29.6 Å². The Bertz CT molecular complexity index is 772. The van der Waals surface area contributed by atoms with E-state index in [9.17, 15) is 9.90 Å². The minimum absolute atomic E-state index is 0.183. The lowest BCUT2D eigenvalue weighted by Gasteiger charge is -2.61. The Balaban J connectivity index is 1.36. The van der Waals surface area contributed by atoms with E-state index in [1.54, 1.807) is 12.5 Å². The first kappa shape index (κ1) is 19.8. The molecule has 160 valence electrons. The Hall–Kier alpha value is -1.16. The molecule has 0 aromatic carbocycles. The zero-order valence-electron chi connectivity index (χ0n) is 18.4.